The Kier molecular flexibility index (Phi) is 7.26. The van der Waals surface area contributed by atoms with Crippen molar-refractivity contribution in [1.29, 1.82) is 5.26 Å². The SMILES string of the molecule is CC1(C)COC2(CCC3=C4C(CCC3(O)C2)C2CC[C@@](O)(C(F)(F)C(F)(F)F)[C@@]2(C)C[C@@H]4c2ccc(C=CC#N)cc2)OC1. The van der Waals surface area contributed by atoms with Gasteiger partial charge < -0.3 is 19.7 Å². The number of fused-ring (bicyclic) bond motifs is 4. The molecular weight excluding hydrogens is 581 g/mol. The van der Waals surface area contributed by atoms with Gasteiger partial charge in [0.25, 0.3) is 0 Å². The van der Waals surface area contributed by atoms with Crippen LogP contribution in [0, 0.1) is 34.0 Å². The summed E-state index contributed by atoms with van der Waals surface area (Å²) in [5.74, 6) is -7.79. The minimum Gasteiger partial charge on any atom is -0.385 e. The summed E-state index contributed by atoms with van der Waals surface area (Å²) in [6.45, 7) is 6.47. The maximum Gasteiger partial charge on any atom is 0.456 e. The first-order chi connectivity index (χ1) is 20.4. The number of alkyl halides is 5. The molecule has 6 atom stereocenters. The highest BCUT2D eigenvalue weighted by molar-refractivity contribution is 5.53. The van der Waals surface area contributed by atoms with E-state index in [1.807, 2.05) is 19.9 Å². The summed E-state index contributed by atoms with van der Waals surface area (Å²) in [5, 5.41) is 32.6. The van der Waals surface area contributed by atoms with E-state index in [9.17, 15) is 23.4 Å². The molecule has 2 N–H and O–H groups in total. The molecule has 240 valence electrons. The summed E-state index contributed by atoms with van der Waals surface area (Å²) in [4.78, 5) is 0. The van der Waals surface area contributed by atoms with Gasteiger partial charge in [-0.1, -0.05) is 50.6 Å². The van der Waals surface area contributed by atoms with Crippen LogP contribution in [0.15, 0.2) is 41.5 Å². The predicted molar refractivity (Wildman–Crippen MR) is 152 cm³/mol. The fourth-order valence-corrected chi connectivity index (χ4v) is 9.28. The van der Waals surface area contributed by atoms with Crippen LogP contribution in [-0.4, -0.2) is 52.5 Å². The van der Waals surface area contributed by atoms with Crippen molar-refractivity contribution in [3.05, 3.63) is 52.6 Å². The van der Waals surface area contributed by atoms with Crippen molar-refractivity contribution in [1.82, 2.24) is 0 Å². The van der Waals surface area contributed by atoms with E-state index in [4.69, 9.17) is 14.7 Å². The maximum atomic E-state index is 15.3. The van der Waals surface area contributed by atoms with Gasteiger partial charge in [-0.25, -0.2) is 0 Å². The van der Waals surface area contributed by atoms with Gasteiger partial charge in [-0.3, -0.25) is 0 Å². The van der Waals surface area contributed by atoms with Gasteiger partial charge in [0, 0.05) is 35.7 Å². The standard InChI is InChI=1S/C34H40F5NO4/c1-28(2)19-43-31(44-20-28)14-11-26-27-23(10-13-30(26,41)18-31)25-12-15-32(42,33(35,36)34(37,38)39)29(25,3)17-24(27)22-8-6-21(7-9-22)5-4-16-40/h4-9,23-25,41-42H,10-15,17-20H2,1-3H3/t23?,24-,25?,29+,30?,32+/m1/s1. The summed E-state index contributed by atoms with van der Waals surface area (Å²) in [5.41, 5.74) is -3.26. The van der Waals surface area contributed by atoms with E-state index in [0.717, 1.165) is 16.7 Å². The van der Waals surface area contributed by atoms with Crippen molar-refractivity contribution < 1.29 is 41.6 Å². The molecule has 3 saturated carbocycles. The van der Waals surface area contributed by atoms with Crippen molar-refractivity contribution in [2.45, 2.75) is 107 Å². The number of halogens is 5. The van der Waals surface area contributed by atoms with Gasteiger partial charge in [0.05, 0.1) is 24.9 Å². The van der Waals surface area contributed by atoms with Gasteiger partial charge in [-0.2, -0.15) is 27.2 Å². The van der Waals surface area contributed by atoms with Crippen LogP contribution in [0.4, 0.5) is 22.0 Å². The van der Waals surface area contributed by atoms with Crippen LogP contribution >= 0.6 is 0 Å². The molecule has 4 aliphatic carbocycles. The molecule has 5 nitrogen and oxygen atoms in total. The highest BCUT2D eigenvalue weighted by Gasteiger charge is 2.79. The summed E-state index contributed by atoms with van der Waals surface area (Å²) in [6, 6.07) is 9.10. The highest BCUT2D eigenvalue weighted by atomic mass is 19.4. The van der Waals surface area contributed by atoms with E-state index in [-0.39, 0.29) is 30.6 Å². The van der Waals surface area contributed by atoms with Crippen LogP contribution in [0.1, 0.15) is 89.2 Å². The molecule has 0 bridgehead atoms. The molecule has 1 saturated heterocycles. The molecule has 6 rings (SSSR count). The second-order valence-corrected chi connectivity index (χ2v) is 14.8. The highest BCUT2D eigenvalue weighted by Crippen LogP contribution is 2.71. The monoisotopic (exact) mass is 621 g/mol. The summed E-state index contributed by atoms with van der Waals surface area (Å²) < 4.78 is 84.6. The molecule has 0 amide bonds. The molecule has 0 radical (unpaired) electrons. The number of hydrogen-bond acceptors (Lipinski definition) is 5. The molecule has 1 spiro atoms. The van der Waals surface area contributed by atoms with E-state index in [1.165, 1.54) is 13.0 Å². The molecule has 0 aromatic heterocycles. The average Bonchev–Trinajstić information content (AvgIpc) is 3.24. The number of nitriles is 1. The van der Waals surface area contributed by atoms with Gasteiger partial charge in [0.2, 0.25) is 0 Å². The Morgan fingerprint density at radius 1 is 0.955 bits per heavy atom. The molecular formula is C34H40F5NO4. The molecule has 1 heterocycles. The fourth-order valence-electron chi connectivity index (χ4n) is 9.28. The van der Waals surface area contributed by atoms with Gasteiger partial charge in [-0.15, -0.1) is 0 Å². The molecule has 4 fully saturated rings. The van der Waals surface area contributed by atoms with E-state index >= 15 is 8.78 Å². The predicted octanol–water partition coefficient (Wildman–Crippen LogP) is 7.45. The van der Waals surface area contributed by atoms with Crippen molar-refractivity contribution in [3.8, 4) is 6.07 Å². The lowest BCUT2D eigenvalue weighted by atomic mass is 9.49. The number of ether oxygens (including phenoxy) is 2. The first-order valence-corrected chi connectivity index (χ1v) is 15.5. The molecule has 3 unspecified atom stereocenters. The van der Waals surface area contributed by atoms with Crippen LogP contribution in [0.3, 0.4) is 0 Å². The molecule has 1 aromatic rings. The molecule has 44 heavy (non-hydrogen) atoms. The lowest BCUT2D eigenvalue weighted by Crippen LogP contribution is -2.65. The van der Waals surface area contributed by atoms with E-state index in [2.05, 4.69) is 0 Å². The van der Waals surface area contributed by atoms with Crippen LogP contribution in [0.5, 0.6) is 0 Å². The third-order valence-corrected chi connectivity index (χ3v) is 11.6. The number of benzene rings is 1. The Morgan fingerprint density at radius 3 is 2.23 bits per heavy atom. The molecule has 1 aromatic carbocycles. The van der Waals surface area contributed by atoms with Crippen molar-refractivity contribution >= 4 is 6.08 Å². The first-order valence-electron chi connectivity index (χ1n) is 15.5. The second-order valence-electron chi connectivity index (χ2n) is 14.8. The Hall–Kier alpha value is -2.32. The third kappa shape index (κ3) is 4.59. The minimum atomic E-state index is -5.90. The zero-order valence-electron chi connectivity index (χ0n) is 25.3. The van der Waals surface area contributed by atoms with Gasteiger partial charge >= 0.3 is 12.1 Å². The number of hydrogen-bond donors (Lipinski definition) is 2. The van der Waals surface area contributed by atoms with Crippen molar-refractivity contribution in [2.24, 2.45) is 22.7 Å². The summed E-state index contributed by atoms with van der Waals surface area (Å²) in [7, 11) is 0. The number of allylic oxidation sites excluding steroid dienone is 2. The Labute approximate surface area is 254 Å². The zero-order chi connectivity index (χ0) is 32.0. The Balaban J connectivity index is 1.45. The van der Waals surface area contributed by atoms with E-state index in [1.54, 1.807) is 30.3 Å². The van der Waals surface area contributed by atoms with Crippen LogP contribution < -0.4 is 0 Å². The Bertz CT molecular complexity index is 1400. The second kappa shape index (κ2) is 10.1. The summed E-state index contributed by atoms with van der Waals surface area (Å²) in [6.07, 6.45) is -1.81. The normalized spacial score (nSPS) is 38.2. The fraction of sp³-hybridized carbons (Fsp3) is 0.676. The van der Waals surface area contributed by atoms with Crippen molar-refractivity contribution in [2.75, 3.05) is 13.2 Å². The largest absolute Gasteiger partial charge is 0.456 e. The smallest absolute Gasteiger partial charge is 0.385 e. The lowest BCUT2D eigenvalue weighted by molar-refractivity contribution is -0.362. The van der Waals surface area contributed by atoms with E-state index < -0.39 is 52.8 Å². The maximum absolute atomic E-state index is 15.3. The molecule has 5 aliphatic rings. The van der Waals surface area contributed by atoms with Crippen molar-refractivity contribution in [3.63, 3.8) is 0 Å². The van der Waals surface area contributed by atoms with E-state index in [0.29, 0.717) is 44.5 Å². The van der Waals surface area contributed by atoms with Crippen LogP contribution in [0.25, 0.3) is 6.08 Å². The third-order valence-electron chi connectivity index (χ3n) is 11.6. The summed E-state index contributed by atoms with van der Waals surface area (Å²) >= 11 is 0. The topological polar surface area (TPSA) is 82.7 Å². The van der Waals surface area contributed by atoms with Crippen LogP contribution in [-0.2, 0) is 9.47 Å². The average molecular weight is 622 g/mol. The first kappa shape index (κ1) is 31.7. The Morgan fingerprint density at radius 2 is 1.61 bits per heavy atom. The van der Waals surface area contributed by atoms with Gasteiger partial charge in [0.15, 0.2) is 5.79 Å². The van der Waals surface area contributed by atoms with Crippen LogP contribution in [0.2, 0.25) is 0 Å². The molecule has 1 aliphatic heterocycles. The quantitative estimate of drug-likeness (QED) is 0.208. The number of aliphatic hydroxyl groups is 2. The lowest BCUT2D eigenvalue weighted by Gasteiger charge is -2.59. The number of nitrogens with zero attached hydrogens (tertiary/aromatic N) is 1. The number of rotatable bonds is 3. The zero-order valence-corrected chi connectivity index (χ0v) is 25.3. The van der Waals surface area contributed by atoms with Gasteiger partial charge in [-0.05, 0) is 73.1 Å². The molecule has 10 heteroatoms. The van der Waals surface area contributed by atoms with Gasteiger partial charge in [0.1, 0.15) is 5.60 Å². The minimum absolute atomic E-state index is 0.0361.